The maximum absolute atomic E-state index is 13.9. The Morgan fingerprint density at radius 3 is 2.38 bits per heavy atom. The molecule has 0 atom stereocenters. The second kappa shape index (κ2) is 6.04. The number of halogens is 2. The number of hydrogen-bond acceptors (Lipinski definition) is 2. The van der Waals surface area contributed by atoms with E-state index in [1.165, 1.54) is 19.2 Å². The Labute approximate surface area is 122 Å². The van der Waals surface area contributed by atoms with Crippen LogP contribution in [0.2, 0.25) is 0 Å². The molecular formula is C17H16F2O2. The molecule has 0 aliphatic heterocycles. The van der Waals surface area contributed by atoms with Crippen molar-refractivity contribution < 1.29 is 18.3 Å². The maximum atomic E-state index is 13.9. The molecule has 0 amide bonds. The fourth-order valence-corrected chi connectivity index (χ4v) is 2.10. The Balaban J connectivity index is 2.56. The minimum atomic E-state index is -0.664. The highest BCUT2D eigenvalue weighted by molar-refractivity contribution is 6.01. The Morgan fingerprint density at radius 1 is 1.10 bits per heavy atom. The van der Waals surface area contributed by atoms with Gasteiger partial charge in [-0.15, -0.1) is 0 Å². The van der Waals surface area contributed by atoms with Gasteiger partial charge in [-0.05, 0) is 29.8 Å². The number of rotatable bonds is 4. The summed E-state index contributed by atoms with van der Waals surface area (Å²) in [5, 5.41) is 0. The molecule has 110 valence electrons. The summed E-state index contributed by atoms with van der Waals surface area (Å²) in [6.45, 7) is 3.57. The van der Waals surface area contributed by atoms with E-state index in [2.05, 4.69) is 0 Å². The van der Waals surface area contributed by atoms with E-state index in [0.717, 1.165) is 6.07 Å². The first-order valence-electron chi connectivity index (χ1n) is 6.61. The van der Waals surface area contributed by atoms with Gasteiger partial charge in [0.1, 0.15) is 17.4 Å². The van der Waals surface area contributed by atoms with Crippen LogP contribution in [-0.4, -0.2) is 12.9 Å². The second-order valence-corrected chi connectivity index (χ2v) is 5.06. The summed E-state index contributed by atoms with van der Waals surface area (Å²) in [6, 6.07) is 8.21. The molecule has 21 heavy (non-hydrogen) atoms. The molecule has 0 saturated heterocycles. The van der Waals surface area contributed by atoms with E-state index in [1.54, 1.807) is 32.0 Å². The summed E-state index contributed by atoms with van der Waals surface area (Å²) >= 11 is 0. The monoisotopic (exact) mass is 290 g/mol. The number of ether oxygens (including phenoxy) is 1. The zero-order valence-corrected chi connectivity index (χ0v) is 12.1. The minimum absolute atomic E-state index is 0.0868. The quantitative estimate of drug-likeness (QED) is 0.776. The Hall–Kier alpha value is -2.23. The van der Waals surface area contributed by atoms with Crippen molar-refractivity contribution in [1.82, 2.24) is 0 Å². The van der Waals surface area contributed by atoms with Crippen LogP contribution in [0.15, 0.2) is 36.4 Å². The summed E-state index contributed by atoms with van der Waals surface area (Å²) in [6.07, 6.45) is 0. The first-order chi connectivity index (χ1) is 9.93. The predicted molar refractivity (Wildman–Crippen MR) is 77.5 cm³/mol. The largest absolute Gasteiger partial charge is 0.496 e. The summed E-state index contributed by atoms with van der Waals surface area (Å²) in [4.78, 5) is 12.2. The Morgan fingerprint density at radius 2 is 1.81 bits per heavy atom. The van der Waals surface area contributed by atoms with Crippen molar-refractivity contribution in [3.63, 3.8) is 0 Å². The molecule has 0 fully saturated rings. The van der Waals surface area contributed by atoms with Gasteiger partial charge in [-0.1, -0.05) is 19.9 Å². The first-order valence-corrected chi connectivity index (χ1v) is 6.61. The highest BCUT2D eigenvalue weighted by Crippen LogP contribution is 2.30. The SMILES string of the molecule is COc1ccc(-c2ccc(F)cc2F)cc1C(=O)C(C)C. The molecule has 4 heteroatoms. The third-order valence-electron chi connectivity index (χ3n) is 3.23. The molecule has 0 heterocycles. The van der Waals surface area contributed by atoms with Crippen molar-refractivity contribution in [3.8, 4) is 16.9 Å². The smallest absolute Gasteiger partial charge is 0.169 e. The van der Waals surface area contributed by atoms with Crippen LogP contribution >= 0.6 is 0 Å². The molecular weight excluding hydrogens is 274 g/mol. The number of benzene rings is 2. The van der Waals surface area contributed by atoms with Crippen LogP contribution in [-0.2, 0) is 0 Å². The standard InChI is InChI=1S/C17H16F2O2/c1-10(2)17(20)14-8-11(4-7-16(14)21-3)13-6-5-12(18)9-15(13)19/h4-10H,1-3H3. The fraction of sp³-hybridized carbons (Fsp3) is 0.235. The summed E-state index contributed by atoms with van der Waals surface area (Å²) in [5.74, 6) is -1.14. The number of carbonyl (C=O) groups excluding carboxylic acids is 1. The van der Waals surface area contributed by atoms with Crippen LogP contribution in [0, 0.1) is 17.6 Å². The van der Waals surface area contributed by atoms with Gasteiger partial charge in [0.25, 0.3) is 0 Å². The van der Waals surface area contributed by atoms with Crippen molar-refractivity contribution in [1.29, 1.82) is 0 Å². The number of Topliss-reactive ketones (excluding diaryl/α,β-unsaturated/α-hetero) is 1. The summed E-state index contributed by atoms with van der Waals surface area (Å²) < 4.78 is 32.0. The molecule has 0 radical (unpaired) electrons. The van der Waals surface area contributed by atoms with Crippen molar-refractivity contribution >= 4 is 5.78 Å². The topological polar surface area (TPSA) is 26.3 Å². The van der Waals surface area contributed by atoms with E-state index in [0.29, 0.717) is 16.9 Å². The molecule has 0 N–H and O–H groups in total. The van der Waals surface area contributed by atoms with Gasteiger partial charge in [0, 0.05) is 17.5 Å². The van der Waals surface area contributed by atoms with E-state index < -0.39 is 11.6 Å². The molecule has 0 aliphatic rings. The fourth-order valence-electron chi connectivity index (χ4n) is 2.10. The van der Waals surface area contributed by atoms with Gasteiger partial charge in [-0.25, -0.2) is 8.78 Å². The van der Waals surface area contributed by atoms with Crippen LogP contribution in [0.3, 0.4) is 0 Å². The van der Waals surface area contributed by atoms with Gasteiger partial charge in [-0.3, -0.25) is 4.79 Å². The van der Waals surface area contributed by atoms with Gasteiger partial charge in [0.15, 0.2) is 5.78 Å². The van der Waals surface area contributed by atoms with Crippen LogP contribution in [0.4, 0.5) is 8.78 Å². The zero-order valence-electron chi connectivity index (χ0n) is 12.1. The molecule has 0 aliphatic carbocycles. The lowest BCUT2D eigenvalue weighted by molar-refractivity contribution is 0.0936. The van der Waals surface area contributed by atoms with Crippen LogP contribution < -0.4 is 4.74 Å². The van der Waals surface area contributed by atoms with Gasteiger partial charge in [0.05, 0.1) is 12.7 Å². The van der Waals surface area contributed by atoms with E-state index >= 15 is 0 Å². The van der Waals surface area contributed by atoms with Gasteiger partial charge in [-0.2, -0.15) is 0 Å². The molecule has 0 bridgehead atoms. The van der Waals surface area contributed by atoms with E-state index in [4.69, 9.17) is 4.74 Å². The normalized spacial score (nSPS) is 10.8. The van der Waals surface area contributed by atoms with E-state index in [-0.39, 0.29) is 17.3 Å². The maximum Gasteiger partial charge on any atom is 0.169 e. The summed E-state index contributed by atoms with van der Waals surface area (Å²) in [7, 11) is 1.48. The van der Waals surface area contributed by atoms with Crippen molar-refractivity contribution in [2.75, 3.05) is 7.11 Å². The Bertz CT molecular complexity index is 678. The molecule has 0 unspecified atom stereocenters. The predicted octanol–water partition coefficient (Wildman–Crippen LogP) is 4.48. The first kappa shape index (κ1) is 15.2. The lowest BCUT2D eigenvalue weighted by Gasteiger charge is -2.12. The van der Waals surface area contributed by atoms with Gasteiger partial charge in [0.2, 0.25) is 0 Å². The van der Waals surface area contributed by atoms with Crippen LogP contribution in [0.25, 0.3) is 11.1 Å². The average molecular weight is 290 g/mol. The molecule has 2 aromatic carbocycles. The third kappa shape index (κ3) is 3.10. The minimum Gasteiger partial charge on any atom is -0.496 e. The highest BCUT2D eigenvalue weighted by Gasteiger charge is 2.17. The number of ketones is 1. The highest BCUT2D eigenvalue weighted by atomic mass is 19.1. The van der Waals surface area contributed by atoms with Crippen LogP contribution in [0.5, 0.6) is 5.75 Å². The zero-order chi connectivity index (χ0) is 15.6. The number of carbonyl (C=O) groups is 1. The summed E-state index contributed by atoms with van der Waals surface area (Å²) in [5.41, 5.74) is 1.16. The molecule has 2 nitrogen and oxygen atoms in total. The van der Waals surface area contributed by atoms with Crippen molar-refractivity contribution in [2.45, 2.75) is 13.8 Å². The number of methoxy groups -OCH3 is 1. The lowest BCUT2D eigenvalue weighted by Crippen LogP contribution is -2.09. The van der Waals surface area contributed by atoms with Crippen LogP contribution in [0.1, 0.15) is 24.2 Å². The Kier molecular flexibility index (Phi) is 4.36. The van der Waals surface area contributed by atoms with Gasteiger partial charge >= 0.3 is 0 Å². The van der Waals surface area contributed by atoms with Gasteiger partial charge < -0.3 is 4.74 Å². The molecule has 2 aromatic rings. The molecule has 0 saturated carbocycles. The van der Waals surface area contributed by atoms with E-state index in [1.807, 2.05) is 0 Å². The van der Waals surface area contributed by atoms with E-state index in [9.17, 15) is 13.6 Å². The number of hydrogen-bond donors (Lipinski definition) is 0. The average Bonchev–Trinajstić information content (AvgIpc) is 2.45. The lowest BCUT2D eigenvalue weighted by atomic mass is 9.95. The molecule has 0 spiro atoms. The van der Waals surface area contributed by atoms with Crippen molar-refractivity contribution in [3.05, 3.63) is 53.6 Å². The third-order valence-corrected chi connectivity index (χ3v) is 3.23. The molecule has 0 aromatic heterocycles. The van der Waals surface area contributed by atoms with Crippen molar-refractivity contribution in [2.24, 2.45) is 5.92 Å². The molecule has 2 rings (SSSR count). The second-order valence-electron chi connectivity index (χ2n) is 5.06.